The molecule has 0 aromatic heterocycles. The summed E-state index contributed by atoms with van der Waals surface area (Å²) in [5.41, 5.74) is 7.84. The molecule has 0 spiro atoms. The highest BCUT2D eigenvalue weighted by atomic mass is 16.2. The number of primary amides is 1. The van der Waals surface area contributed by atoms with E-state index in [-0.39, 0.29) is 6.04 Å². The summed E-state index contributed by atoms with van der Waals surface area (Å²) in [4.78, 5) is 38.5. The Kier molecular flexibility index (Phi) is 5.10. The van der Waals surface area contributed by atoms with Crippen LogP contribution in [0.5, 0.6) is 0 Å². The third-order valence-electron chi connectivity index (χ3n) is 5.38. The molecule has 30 heavy (non-hydrogen) atoms. The zero-order chi connectivity index (χ0) is 21.3. The van der Waals surface area contributed by atoms with Crippen LogP contribution >= 0.6 is 0 Å². The lowest BCUT2D eigenvalue weighted by Crippen LogP contribution is -2.53. The summed E-state index contributed by atoms with van der Waals surface area (Å²) in [5.74, 6) is -0.620. The van der Waals surface area contributed by atoms with Crippen molar-refractivity contribution in [3.8, 4) is 0 Å². The quantitative estimate of drug-likeness (QED) is 0.626. The first-order chi connectivity index (χ1) is 14.5. The lowest BCUT2D eigenvalue weighted by Gasteiger charge is -2.24. The summed E-state index contributed by atoms with van der Waals surface area (Å²) >= 11 is 0. The Hall–Kier alpha value is -3.87. The molecule has 7 heteroatoms. The van der Waals surface area contributed by atoms with Crippen LogP contribution in [-0.2, 0) is 11.2 Å². The zero-order valence-electron chi connectivity index (χ0n) is 16.5. The van der Waals surface area contributed by atoms with Crippen molar-refractivity contribution >= 4 is 34.4 Å². The minimum atomic E-state index is -0.828. The lowest BCUT2D eigenvalue weighted by molar-refractivity contribution is -0.119. The standard InChI is InChI=1S/C23H22N4O3/c1-14(17-11-6-9-15-7-2-4-10-18(15)17)25-22(29)26-23(30)27-19-12-5-3-8-16(19)13-20(27)21(24)28/h2-12,14,20H,13H2,1H3,(H2,24,28)(H2,25,26,29,30)/t14-,20-/m0/s1. The van der Waals surface area contributed by atoms with E-state index in [2.05, 4.69) is 10.6 Å². The molecule has 3 aromatic carbocycles. The van der Waals surface area contributed by atoms with Crippen molar-refractivity contribution in [3.63, 3.8) is 0 Å². The van der Waals surface area contributed by atoms with Gasteiger partial charge in [-0.1, -0.05) is 60.7 Å². The van der Waals surface area contributed by atoms with Crippen molar-refractivity contribution in [2.24, 2.45) is 5.73 Å². The maximum absolute atomic E-state index is 12.8. The van der Waals surface area contributed by atoms with Crippen LogP contribution < -0.4 is 21.3 Å². The number of rotatable bonds is 3. The lowest BCUT2D eigenvalue weighted by atomic mass is 10.00. The highest BCUT2D eigenvalue weighted by molar-refractivity contribution is 6.07. The number of imide groups is 1. The van der Waals surface area contributed by atoms with Crippen LogP contribution in [0.2, 0.25) is 0 Å². The smallest absolute Gasteiger partial charge is 0.330 e. The first kappa shape index (κ1) is 19.4. The molecule has 7 nitrogen and oxygen atoms in total. The third-order valence-corrected chi connectivity index (χ3v) is 5.38. The summed E-state index contributed by atoms with van der Waals surface area (Å²) in [6, 6.07) is 18.4. The maximum Gasteiger partial charge on any atom is 0.330 e. The minimum absolute atomic E-state index is 0.326. The summed E-state index contributed by atoms with van der Waals surface area (Å²) in [5, 5.41) is 7.22. The van der Waals surface area contributed by atoms with Crippen LogP contribution in [0.4, 0.5) is 15.3 Å². The first-order valence-corrected chi connectivity index (χ1v) is 9.71. The van der Waals surface area contributed by atoms with Crippen LogP contribution in [0.15, 0.2) is 66.7 Å². The van der Waals surface area contributed by atoms with Crippen LogP contribution in [0, 0.1) is 0 Å². The molecule has 0 saturated heterocycles. The van der Waals surface area contributed by atoms with Gasteiger partial charge in [-0.3, -0.25) is 15.0 Å². The predicted molar refractivity (Wildman–Crippen MR) is 115 cm³/mol. The molecule has 0 radical (unpaired) electrons. The van der Waals surface area contributed by atoms with E-state index < -0.39 is 24.0 Å². The number of amides is 5. The molecule has 0 saturated carbocycles. The zero-order valence-corrected chi connectivity index (χ0v) is 16.5. The highest BCUT2D eigenvalue weighted by Crippen LogP contribution is 2.32. The van der Waals surface area contributed by atoms with Gasteiger partial charge in [0.15, 0.2) is 0 Å². The topological polar surface area (TPSA) is 105 Å². The second-order valence-electron chi connectivity index (χ2n) is 7.31. The molecule has 5 amide bonds. The number of urea groups is 2. The molecule has 0 aliphatic carbocycles. The van der Waals surface area contributed by atoms with Gasteiger partial charge in [0, 0.05) is 12.1 Å². The number of nitrogens with zero attached hydrogens (tertiary/aromatic N) is 1. The Morgan fingerprint density at radius 3 is 2.50 bits per heavy atom. The molecule has 1 aliphatic heterocycles. The molecule has 4 N–H and O–H groups in total. The van der Waals surface area contributed by atoms with Crippen LogP contribution in [-0.4, -0.2) is 24.0 Å². The van der Waals surface area contributed by atoms with Crippen LogP contribution in [0.3, 0.4) is 0 Å². The molecular formula is C23H22N4O3. The molecule has 0 fully saturated rings. The number of benzene rings is 3. The van der Waals surface area contributed by atoms with Gasteiger partial charge in [-0.2, -0.15) is 0 Å². The Bertz CT molecular complexity index is 1140. The van der Waals surface area contributed by atoms with Gasteiger partial charge < -0.3 is 11.1 Å². The minimum Gasteiger partial charge on any atom is -0.368 e. The molecule has 152 valence electrons. The van der Waals surface area contributed by atoms with E-state index in [9.17, 15) is 14.4 Å². The summed E-state index contributed by atoms with van der Waals surface area (Å²) in [7, 11) is 0. The summed E-state index contributed by atoms with van der Waals surface area (Å²) in [6.07, 6.45) is 0.326. The van der Waals surface area contributed by atoms with E-state index >= 15 is 0 Å². The molecular weight excluding hydrogens is 380 g/mol. The number of nitrogens with two attached hydrogens (primary N) is 1. The van der Waals surface area contributed by atoms with Crippen molar-refractivity contribution in [2.75, 3.05) is 4.90 Å². The van der Waals surface area contributed by atoms with Gasteiger partial charge in [-0.25, -0.2) is 9.59 Å². The molecule has 4 rings (SSSR count). The Morgan fingerprint density at radius 1 is 1.00 bits per heavy atom. The van der Waals surface area contributed by atoms with E-state index in [4.69, 9.17) is 5.73 Å². The van der Waals surface area contributed by atoms with Gasteiger partial charge >= 0.3 is 12.1 Å². The SMILES string of the molecule is C[C@H](NC(=O)NC(=O)N1c2ccccc2C[C@H]1C(N)=O)c1cccc2ccccc12. The first-order valence-electron chi connectivity index (χ1n) is 9.71. The predicted octanol–water partition coefficient (Wildman–Crippen LogP) is 3.24. The fourth-order valence-corrected chi connectivity index (χ4v) is 3.96. The van der Waals surface area contributed by atoms with Gasteiger partial charge in [0.2, 0.25) is 5.91 Å². The number of anilines is 1. The fraction of sp³-hybridized carbons (Fsp3) is 0.174. The van der Waals surface area contributed by atoms with E-state index in [1.165, 1.54) is 4.90 Å². The number of carbonyl (C=O) groups excluding carboxylic acids is 3. The number of carbonyl (C=O) groups is 3. The van der Waals surface area contributed by atoms with E-state index in [0.717, 1.165) is 21.9 Å². The molecule has 1 aliphatic rings. The van der Waals surface area contributed by atoms with E-state index in [1.807, 2.05) is 61.5 Å². The third kappa shape index (κ3) is 3.57. The van der Waals surface area contributed by atoms with Crippen molar-refractivity contribution in [1.82, 2.24) is 10.6 Å². The highest BCUT2D eigenvalue weighted by Gasteiger charge is 2.37. The average molecular weight is 402 g/mol. The molecule has 3 aromatic rings. The summed E-state index contributed by atoms with van der Waals surface area (Å²) in [6.45, 7) is 1.85. The molecule has 1 heterocycles. The van der Waals surface area contributed by atoms with Gasteiger partial charge in [0.1, 0.15) is 6.04 Å². The Balaban J connectivity index is 1.49. The van der Waals surface area contributed by atoms with Crippen molar-refractivity contribution in [2.45, 2.75) is 25.4 Å². The number of para-hydroxylation sites is 1. The van der Waals surface area contributed by atoms with Gasteiger partial charge in [-0.15, -0.1) is 0 Å². The number of hydrogen-bond donors (Lipinski definition) is 3. The van der Waals surface area contributed by atoms with Gasteiger partial charge in [0.25, 0.3) is 0 Å². The molecule has 0 unspecified atom stereocenters. The van der Waals surface area contributed by atoms with Gasteiger partial charge in [-0.05, 0) is 34.9 Å². The monoisotopic (exact) mass is 402 g/mol. The van der Waals surface area contributed by atoms with Crippen LogP contribution in [0.1, 0.15) is 24.1 Å². The number of nitrogens with one attached hydrogen (secondary N) is 2. The second-order valence-corrected chi connectivity index (χ2v) is 7.31. The largest absolute Gasteiger partial charge is 0.368 e. The summed E-state index contributed by atoms with van der Waals surface area (Å²) < 4.78 is 0. The normalized spacial score (nSPS) is 16.0. The van der Waals surface area contributed by atoms with Crippen LogP contribution in [0.25, 0.3) is 10.8 Å². The van der Waals surface area contributed by atoms with E-state index in [0.29, 0.717) is 12.1 Å². The van der Waals surface area contributed by atoms with Gasteiger partial charge in [0.05, 0.1) is 6.04 Å². The number of hydrogen-bond acceptors (Lipinski definition) is 3. The molecule has 0 bridgehead atoms. The van der Waals surface area contributed by atoms with Crippen molar-refractivity contribution in [3.05, 3.63) is 77.9 Å². The number of fused-ring (bicyclic) bond motifs is 2. The Labute approximate surface area is 173 Å². The van der Waals surface area contributed by atoms with E-state index in [1.54, 1.807) is 12.1 Å². The Morgan fingerprint density at radius 2 is 1.70 bits per heavy atom. The van der Waals surface area contributed by atoms with Crippen molar-refractivity contribution in [1.29, 1.82) is 0 Å². The fourth-order valence-electron chi connectivity index (χ4n) is 3.96. The maximum atomic E-state index is 12.8. The second kappa shape index (κ2) is 7.87. The van der Waals surface area contributed by atoms with Crippen molar-refractivity contribution < 1.29 is 14.4 Å². The molecule has 2 atom stereocenters. The average Bonchev–Trinajstić information content (AvgIpc) is 3.13.